The van der Waals surface area contributed by atoms with E-state index in [-0.39, 0.29) is 37.2 Å². The minimum absolute atomic E-state index is 0. The monoisotopic (exact) mass is 441 g/mol. The summed E-state index contributed by atoms with van der Waals surface area (Å²) in [5.74, 6) is 0. The third-order valence-corrected chi connectivity index (χ3v) is 4.68. The van der Waals surface area contributed by atoms with Gasteiger partial charge in [0.1, 0.15) is 0 Å². The zero-order chi connectivity index (χ0) is 16.7. The number of hydrogen-bond acceptors (Lipinski definition) is 3. The summed E-state index contributed by atoms with van der Waals surface area (Å²) >= 11 is 6.05. The molecule has 0 radical (unpaired) electrons. The van der Waals surface area contributed by atoms with E-state index in [1.165, 1.54) is 30.3 Å². The van der Waals surface area contributed by atoms with Crippen LogP contribution in [0.4, 0.5) is 0 Å². The zero-order valence-electron chi connectivity index (χ0n) is 15.7. The summed E-state index contributed by atoms with van der Waals surface area (Å²) in [5, 5.41) is 5.55. The molecule has 0 aliphatic heterocycles. The third-order valence-electron chi connectivity index (χ3n) is 4.44. The standard InChI is InChI=1S/C19H28ClN3.3ClH/c1-4-23(5-2)12-6-7-15(3)22-14-16-10-11-21-19-13-17(20)8-9-18(16)19;;;/h8-11,13,15,22H,4-7,12,14H2,1-3H3;3*1H. The van der Waals surface area contributed by atoms with Crippen molar-refractivity contribution in [2.75, 3.05) is 19.6 Å². The lowest BCUT2D eigenvalue weighted by atomic mass is 10.1. The highest BCUT2D eigenvalue weighted by atomic mass is 35.5. The Hall–Kier alpha value is -0.290. The number of nitrogens with zero attached hydrogens (tertiary/aromatic N) is 2. The third kappa shape index (κ3) is 8.60. The molecule has 150 valence electrons. The van der Waals surface area contributed by atoms with Gasteiger partial charge in [-0.15, -0.1) is 37.2 Å². The molecule has 0 saturated heterocycles. The summed E-state index contributed by atoms with van der Waals surface area (Å²) < 4.78 is 0. The average Bonchev–Trinajstić information content (AvgIpc) is 2.56. The van der Waals surface area contributed by atoms with Crippen LogP contribution in [0.2, 0.25) is 5.02 Å². The van der Waals surface area contributed by atoms with Crippen molar-refractivity contribution in [1.82, 2.24) is 15.2 Å². The van der Waals surface area contributed by atoms with Crippen molar-refractivity contribution < 1.29 is 0 Å². The molecule has 0 aliphatic carbocycles. The second kappa shape index (κ2) is 14.7. The normalized spacial score (nSPS) is 11.4. The molecule has 2 aromatic rings. The fourth-order valence-corrected chi connectivity index (χ4v) is 3.05. The van der Waals surface area contributed by atoms with Gasteiger partial charge in [0.05, 0.1) is 5.52 Å². The van der Waals surface area contributed by atoms with E-state index in [0.717, 1.165) is 30.2 Å². The lowest BCUT2D eigenvalue weighted by molar-refractivity contribution is 0.290. The van der Waals surface area contributed by atoms with Gasteiger partial charge in [0, 0.05) is 29.2 Å². The Morgan fingerprint density at radius 3 is 2.46 bits per heavy atom. The summed E-state index contributed by atoms with van der Waals surface area (Å²) in [6.07, 6.45) is 4.30. The topological polar surface area (TPSA) is 28.2 Å². The SMILES string of the molecule is CCN(CC)CCCC(C)NCc1ccnc2cc(Cl)ccc12.Cl.Cl.Cl. The van der Waals surface area contributed by atoms with Crippen LogP contribution in [0.15, 0.2) is 30.5 Å². The Balaban J connectivity index is 0. The average molecular weight is 443 g/mol. The second-order valence-corrected chi connectivity index (χ2v) is 6.52. The molecule has 7 heteroatoms. The molecule has 1 atom stereocenters. The van der Waals surface area contributed by atoms with Gasteiger partial charge in [0.15, 0.2) is 0 Å². The van der Waals surface area contributed by atoms with Crippen molar-refractivity contribution in [3.05, 3.63) is 41.0 Å². The van der Waals surface area contributed by atoms with Crippen LogP contribution in [0.5, 0.6) is 0 Å². The van der Waals surface area contributed by atoms with Gasteiger partial charge in [0.25, 0.3) is 0 Å². The molecular weight excluding hydrogens is 412 g/mol. The lowest BCUT2D eigenvalue weighted by Gasteiger charge is -2.20. The van der Waals surface area contributed by atoms with Gasteiger partial charge < -0.3 is 10.2 Å². The minimum Gasteiger partial charge on any atom is -0.310 e. The Bertz CT molecular complexity index is 621. The molecule has 1 unspecified atom stereocenters. The van der Waals surface area contributed by atoms with Crippen LogP contribution in [-0.2, 0) is 6.54 Å². The molecule has 1 aromatic heterocycles. The Kier molecular flexibility index (Phi) is 15.8. The molecule has 0 spiro atoms. The van der Waals surface area contributed by atoms with E-state index in [2.05, 4.69) is 48.1 Å². The summed E-state index contributed by atoms with van der Waals surface area (Å²) in [7, 11) is 0. The van der Waals surface area contributed by atoms with Crippen LogP contribution in [0.3, 0.4) is 0 Å². The molecule has 2 rings (SSSR count). The Labute approximate surface area is 181 Å². The van der Waals surface area contributed by atoms with Gasteiger partial charge >= 0.3 is 0 Å². The molecule has 1 N–H and O–H groups in total. The lowest BCUT2D eigenvalue weighted by Crippen LogP contribution is -2.28. The van der Waals surface area contributed by atoms with Crippen molar-refractivity contribution >= 4 is 59.7 Å². The van der Waals surface area contributed by atoms with Crippen molar-refractivity contribution in [1.29, 1.82) is 0 Å². The first-order chi connectivity index (χ1) is 11.1. The molecule has 1 aromatic carbocycles. The fraction of sp³-hybridized carbons (Fsp3) is 0.526. The van der Waals surface area contributed by atoms with Crippen molar-refractivity contribution in [3.63, 3.8) is 0 Å². The van der Waals surface area contributed by atoms with Gasteiger partial charge in [-0.3, -0.25) is 4.98 Å². The highest BCUT2D eigenvalue weighted by Gasteiger charge is 2.06. The summed E-state index contributed by atoms with van der Waals surface area (Å²) in [5.41, 5.74) is 2.24. The Morgan fingerprint density at radius 1 is 1.12 bits per heavy atom. The van der Waals surface area contributed by atoms with Crippen LogP contribution in [-0.4, -0.2) is 35.6 Å². The molecule has 0 aliphatic rings. The highest BCUT2D eigenvalue weighted by Crippen LogP contribution is 2.20. The van der Waals surface area contributed by atoms with Crippen molar-refractivity contribution in [2.45, 2.75) is 46.2 Å². The Morgan fingerprint density at radius 2 is 1.81 bits per heavy atom. The van der Waals surface area contributed by atoms with Crippen LogP contribution >= 0.6 is 48.8 Å². The largest absolute Gasteiger partial charge is 0.310 e. The quantitative estimate of drug-likeness (QED) is 0.535. The number of hydrogen-bond donors (Lipinski definition) is 1. The smallest absolute Gasteiger partial charge is 0.0720 e. The number of fused-ring (bicyclic) bond motifs is 1. The number of benzene rings is 1. The predicted molar refractivity (Wildman–Crippen MR) is 122 cm³/mol. The molecule has 0 bridgehead atoms. The second-order valence-electron chi connectivity index (χ2n) is 6.08. The molecule has 26 heavy (non-hydrogen) atoms. The van der Waals surface area contributed by atoms with Crippen molar-refractivity contribution in [2.24, 2.45) is 0 Å². The molecule has 0 amide bonds. The van der Waals surface area contributed by atoms with E-state index >= 15 is 0 Å². The molecule has 0 saturated carbocycles. The van der Waals surface area contributed by atoms with Gasteiger partial charge in [-0.25, -0.2) is 0 Å². The first kappa shape index (κ1) is 27.9. The van der Waals surface area contributed by atoms with E-state index in [1.807, 2.05) is 18.3 Å². The highest BCUT2D eigenvalue weighted by molar-refractivity contribution is 6.31. The van der Waals surface area contributed by atoms with Crippen molar-refractivity contribution in [3.8, 4) is 0 Å². The van der Waals surface area contributed by atoms with Gasteiger partial charge in [-0.2, -0.15) is 0 Å². The fourth-order valence-electron chi connectivity index (χ4n) is 2.88. The number of pyridine rings is 1. The summed E-state index contributed by atoms with van der Waals surface area (Å²) in [6, 6.07) is 8.52. The number of nitrogens with one attached hydrogen (secondary N) is 1. The first-order valence-corrected chi connectivity index (χ1v) is 9.00. The van der Waals surface area contributed by atoms with Crippen LogP contribution < -0.4 is 5.32 Å². The minimum atomic E-state index is 0. The van der Waals surface area contributed by atoms with Gasteiger partial charge in [-0.05, 0) is 63.2 Å². The summed E-state index contributed by atoms with van der Waals surface area (Å²) in [4.78, 5) is 6.88. The van der Waals surface area contributed by atoms with Crippen LogP contribution in [0, 0.1) is 0 Å². The number of rotatable bonds is 9. The zero-order valence-corrected chi connectivity index (χ0v) is 18.9. The van der Waals surface area contributed by atoms with E-state index in [4.69, 9.17) is 11.6 Å². The number of halogens is 4. The first-order valence-electron chi connectivity index (χ1n) is 8.63. The van der Waals surface area contributed by atoms with E-state index < -0.39 is 0 Å². The maximum absolute atomic E-state index is 6.05. The molecule has 1 heterocycles. The van der Waals surface area contributed by atoms with Gasteiger partial charge in [0.2, 0.25) is 0 Å². The number of aromatic nitrogens is 1. The van der Waals surface area contributed by atoms with Gasteiger partial charge in [-0.1, -0.05) is 31.5 Å². The molecular formula is C19H31Cl4N3. The van der Waals surface area contributed by atoms with E-state index in [1.54, 1.807) is 0 Å². The van der Waals surface area contributed by atoms with E-state index in [0.29, 0.717) is 6.04 Å². The maximum Gasteiger partial charge on any atom is 0.0720 e. The van der Waals surface area contributed by atoms with Crippen LogP contribution in [0.25, 0.3) is 10.9 Å². The molecule has 3 nitrogen and oxygen atoms in total. The molecule has 0 fully saturated rings. The van der Waals surface area contributed by atoms with Crippen LogP contribution in [0.1, 0.15) is 39.2 Å². The van der Waals surface area contributed by atoms with E-state index in [9.17, 15) is 0 Å². The summed E-state index contributed by atoms with van der Waals surface area (Å²) in [6.45, 7) is 11.1. The maximum atomic E-state index is 6.05. The predicted octanol–water partition coefficient (Wildman–Crippen LogP) is 5.75.